The summed E-state index contributed by atoms with van der Waals surface area (Å²) in [5.74, 6) is 1.12. The van der Waals surface area contributed by atoms with Crippen LogP contribution in [-0.2, 0) is 6.42 Å². The van der Waals surface area contributed by atoms with E-state index in [0.717, 1.165) is 39.5 Å². The van der Waals surface area contributed by atoms with Crippen LogP contribution in [0.4, 0.5) is 0 Å². The number of amides is 1. The van der Waals surface area contributed by atoms with Crippen molar-refractivity contribution in [2.75, 3.05) is 13.1 Å². The Kier molecular flexibility index (Phi) is 5.79. The smallest absolute Gasteiger partial charge is 0.254 e. The zero-order chi connectivity index (χ0) is 22.8. The first-order valence-electron chi connectivity index (χ1n) is 10.7. The van der Waals surface area contributed by atoms with Crippen molar-refractivity contribution in [3.8, 4) is 23.4 Å². The van der Waals surface area contributed by atoms with E-state index < -0.39 is 0 Å². The number of benzene rings is 2. The predicted octanol–water partition coefficient (Wildman–Crippen LogP) is 4.57. The summed E-state index contributed by atoms with van der Waals surface area (Å²) in [4.78, 5) is 23.1. The highest BCUT2D eigenvalue weighted by Gasteiger charge is 2.33. The molecule has 4 rings (SSSR count). The van der Waals surface area contributed by atoms with Crippen molar-refractivity contribution in [2.45, 2.75) is 39.5 Å². The molecule has 1 fully saturated rings. The van der Waals surface area contributed by atoms with Crippen LogP contribution >= 0.6 is 0 Å². The molecule has 0 bridgehead atoms. The maximum absolute atomic E-state index is 13.3. The Morgan fingerprint density at radius 3 is 2.50 bits per heavy atom. The van der Waals surface area contributed by atoms with Crippen LogP contribution in [0.1, 0.15) is 56.5 Å². The Bertz CT molecular complexity index is 1250. The number of imidazole rings is 1. The molecule has 1 aliphatic heterocycles. The minimum absolute atomic E-state index is 0.0338. The maximum atomic E-state index is 13.3. The normalized spacial score (nSPS) is 13.3. The summed E-state index contributed by atoms with van der Waals surface area (Å²) in [5.41, 5.74) is 7.25. The number of aromatic amines is 1. The second-order valence-electron chi connectivity index (χ2n) is 8.44. The van der Waals surface area contributed by atoms with E-state index in [4.69, 9.17) is 15.5 Å². The number of likely N-dealkylation sites (tertiary alicyclic amines) is 1. The Balaban J connectivity index is 1.54. The van der Waals surface area contributed by atoms with Crippen LogP contribution in [0.3, 0.4) is 0 Å². The third-order valence-electron chi connectivity index (χ3n) is 6.14. The van der Waals surface area contributed by atoms with Gasteiger partial charge in [-0.15, -0.1) is 0 Å². The van der Waals surface area contributed by atoms with Crippen LogP contribution in [0.5, 0.6) is 0 Å². The van der Waals surface area contributed by atoms with Gasteiger partial charge in [0.1, 0.15) is 5.82 Å². The lowest BCUT2D eigenvalue weighted by atomic mass is 9.89. The van der Waals surface area contributed by atoms with E-state index in [2.05, 4.69) is 17.1 Å². The summed E-state index contributed by atoms with van der Waals surface area (Å²) in [6.45, 7) is 7.32. The highest BCUT2D eigenvalue weighted by Crippen LogP contribution is 2.32. The zero-order valence-corrected chi connectivity index (χ0v) is 18.6. The number of hydrogen-bond acceptors (Lipinski definition) is 4. The molecule has 0 saturated carbocycles. The van der Waals surface area contributed by atoms with Crippen molar-refractivity contribution in [3.63, 3.8) is 0 Å². The molecule has 32 heavy (non-hydrogen) atoms. The van der Waals surface area contributed by atoms with Gasteiger partial charge in [0.25, 0.3) is 5.91 Å². The number of aromatic nitrogens is 2. The topological polar surface area (TPSA) is 96.6 Å². The van der Waals surface area contributed by atoms with E-state index in [1.54, 1.807) is 0 Å². The van der Waals surface area contributed by atoms with Gasteiger partial charge in [0, 0.05) is 48.7 Å². The first-order chi connectivity index (χ1) is 15.4. The molecule has 0 spiro atoms. The van der Waals surface area contributed by atoms with Gasteiger partial charge in [-0.2, -0.15) is 10.5 Å². The molecule has 0 unspecified atom stereocenters. The molecule has 1 aliphatic rings. The molecule has 0 aliphatic carbocycles. The molecular weight excluding hydrogens is 398 g/mol. The predicted molar refractivity (Wildman–Crippen MR) is 122 cm³/mol. The van der Waals surface area contributed by atoms with Crippen molar-refractivity contribution in [1.82, 2.24) is 14.9 Å². The number of nitrogens with one attached hydrogen (secondary N) is 1. The summed E-state index contributed by atoms with van der Waals surface area (Å²) in [6, 6.07) is 15.9. The van der Waals surface area contributed by atoms with Crippen LogP contribution < -0.4 is 0 Å². The molecule has 160 valence electrons. The number of nitrogens with zero attached hydrogens (tertiary/aromatic N) is 4. The largest absolute Gasteiger partial charge is 0.346 e. The molecular formula is C26H25N5O. The molecule has 2 heterocycles. The van der Waals surface area contributed by atoms with Gasteiger partial charge in [-0.1, -0.05) is 18.2 Å². The van der Waals surface area contributed by atoms with E-state index in [1.165, 1.54) is 0 Å². The number of aryl methyl sites for hydroxylation is 4. The minimum atomic E-state index is 0.0338. The molecule has 1 aromatic heterocycles. The molecule has 6 heteroatoms. The number of nitriles is 2. The fourth-order valence-electron chi connectivity index (χ4n) is 4.27. The Hall–Kier alpha value is -3.90. The Labute approximate surface area is 188 Å². The van der Waals surface area contributed by atoms with Crippen LogP contribution in [-0.4, -0.2) is 33.9 Å². The van der Waals surface area contributed by atoms with Crippen molar-refractivity contribution < 1.29 is 4.79 Å². The number of carbonyl (C=O) groups excluding carboxylic acids is 1. The second kappa shape index (κ2) is 8.69. The lowest BCUT2D eigenvalue weighted by Crippen LogP contribution is -2.48. The van der Waals surface area contributed by atoms with E-state index in [-0.39, 0.29) is 5.91 Å². The van der Waals surface area contributed by atoms with Gasteiger partial charge in [-0.25, -0.2) is 4.98 Å². The summed E-state index contributed by atoms with van der Waals surface area (Å²) in [6.07, 6.45) is 0.997. The molecule has 1 amide bonds. The van der Waals surface area contributed by atoms with Gasteiger partial charge in [0.15, 0.2) is 0 Å². The monoisotopic (exact) mass is 423 g/mol. The quantitative estimate of drug-likeness (QED) is 0.650. The van der Waals surface area contributed by atoms with Gasteiger partial charge >= 0.3 is 0 Å². The van der Waals surface area contributed by atoms with Gasteiger partial charge in [0.2, 0.25) is 0 Å². The molecule has 2 aromatic carbocycles. The molecule has 0 atom stereocenters. The number of H-pyrrole nitrogens is 1. The lowest BCUT2D eigenvalue weighted by Gasteiger charge is -2.40. The second-order valence-corrected chi connectivity index (χ2v) is 8.44. The van der Waals surface area contributed by atoms with Gasteiger partial charge in [-0.05, 0) is 55.7 Å². The van der Waals surface area contributed by atoms with E-state index in [0.29, 0.717) is 43.0 Å². The van der Waals surface area contributed by atoms with Crippen molar-refractivity contribution in [2.24, 2.45) is 0 Å². The average Bonchev–Trinajstić information content (AvgIpc) is 3.12. The van der Waals surface area contributed by atoms with E-state index in [1.807, 2.05) is 62.1 Å². The zero-order valence-electron chi connectivity index (χ0n) is 18.6. The van der Waals surface area contributed by atoms with Crippen LogP contribution in [0.2, 0.25) is 0 Å². The Morgan fingerprint density at radius 1 is 1.12 bits per heavy atom. The van der Waals surface area contributed by atoms with Gasteiger partial charge in [0.05, 0.1) is 23.4 Å². The first kappa shape index (κ1) is 21.3. The SMILES string of the molecule is Cc1cc(C)c(-c2nc(CCC#N)[nH]c2C)cc1C(=O)N1CC(c2ccc(C#N)cc2)C1. The molecule has 6 nitrogen and oxygen atoms in total. The van der Waals surface area contributed by atoms with E-state index >= 15 is 0 Å². The Morgan fingerprint density at radius 2 is 1.84 bits per heavy atom. The summed E-state index contributed by atoms with van der Waals surface area (Å²) >= 11 is 0. The highest BCUT2D eigenvalue weighted by atomic mass is 16.2. The molecule has 0 radical (unpaired) electrons. The third kappa shape index (κ3) is 4.00. The molecule has 1 N–H and O–H groups in total. The highest BCUT2D eigenvalue weighted by molar-refractivity contribution is 5.97. The van der Waals surface area contributed by atoms with Crippen LogP contribution in [0.25, 0.3) is 11.3 Å². The van der Waals surface area contributed by atoms with Crippen LogP contribution in [0.15, 0.2) is 36.4 Å². The number of hydrogen-bond donors (Lipinski definition) is 1. The first-order valence-corrected chi connectivity index (χ1v) is 10.7. The number of carbonyl (C=O) groups is 1. The van der Waals surface area contributed by atoms with Crippen molar-refractivity contribution >= 4 is 5.91 Å². The molecule has 1 saturated heterocycles. The van der Waals surface area contributed by atoms with Crippen LogP contribution in [0, 0.1) is 43.4 Å². The summed E-state index contributed by atoms with van der Waals surface area (Å²) in [5, 5.41) is 17.8. The van der Waals surface area contributed by atoms with E-state index in [9.17, 15) is 4.79 Å². The van der Waals surface area contributed by atoms with Gasteiger partial charge < -0.3 is 9.88 Å². The minimum Gasteiger partial charge on any atom is -0.346 e. The standard InChI is InChI=1S/C26H25N5O/c1-16-11-17(2)23(12-22(16)25-18(3)29-24(30-25)5-4-10-27)26(32)31-14-21(15-31)20-8-6-19(13-28)7-9-20/h6-9,11-12,21H,4-5,14-15H2,1-3H3,(H,29,30). The average molecular weight is 424 g/mol. The number of rotatable bonds is 5. The van der Waals surface area contributed by atoms with Crippen molar-refractivity contribution in [3.05, 3.63) is 75.7 Å². The van der Waals surface area contributed by atoms with Crippen molar-refractivity contribution in [1.29, 1.82) is 10.5 Å². The van der Waals surface area contributed by atoms with Gasteiger partial charge in [-0.3, -0.25) is 4.79 Å². The lowest BCUT2D eigenvalue weighted by molar-refractivity contribution is 0.0601. The maximum Gasteiger partial charge on any atom is 0.254 e. The summed E-state index contributed by atoms with van der Waals surface area (Å²) < 4.78 is 0. The third-order valence-corrected chi connectivity index (χ3v) is 6.14. The molecule has 3 aromatic rings. The summed E-state index contributed by atoms with van der Waals surface area (Å²) in [7, 11) is 0. The fraction of sp³-hybridized carbons (Fsp3) is 0.308. The fourth-order valence-corrected chi connectivity index (χ4v) is 4.27.